The predicted molar refractivity (Wildman–Crippen MR) is 73.1 cm³/mol. The fraction of sp³-hybridized carbons (Fsp3) is 0. The Kier molecular flexibility index (Phi) is 3.57. The molecule has 0 aliphatic carbocycles. The fourth-order valence-corrected chi connectivity index (χ4v) is 2.48. The first-order valence-electron chi connectivity index (χ1n) is 4.67. The van der Waals surface area contributed by atoms with Gasteiger partial charge in [0, 0.05) is 5.02 Å². The van der Waals surface area contributed by atoms with E-state index in [9.17, 15) is 4.79 Å². The molecule has 2 aromatic rings. The molecule has 17 heavy (non-hydrogen) atoms. The van der Waals surface area contributed by atoms with Crippen LogP contribution >= 0.6 is 34.5 Å². The van der Waals surface area contributed by atoms with Crippen molar-refractivity contribution in [2.75, 3.05) is 11.1 Å². The van der Waals surface area contributed by atoms with Gasteiger partial charge in [-0.1, -0.05) is 29.3 Å². The molecule has 0 unspecified atom stereocenters. The lowest BCUT2D eigenvalue weighted by Gasteiger charge is -2.09. The van der Waals surface area contributed by atoms with E-state index in [0.29, 0.717) is 26.3 Å². The third kappa shape index (κ3) is 2.72. The minimum atomic E-state index is -0.240. The third-order valence-electron chi connectivity index (χ3n) is 2.07. The Hall–Kier alpha value is -1.23. The van der Waals surface area contributed by atoms with E-state index in [1.807, 2.05) is 5.38 Å². The summed E-state index contributed by atoms with van der Waals surface area (Å²) < 4.78 is 0. The molecule has 0 fully saturated rings. The van der Waals surface area contributed by atoms with E-state index in [4.69, 9.17) is 28.9 Å². The number of carbonyl (C=O) groups excluding carboxylic acids is 1. The van der Waals surface area contributed by atoms with Gasteiger partial charge in [0.2, 0.25) is 0 Å². The molecule has 2 rings (SSSR count). The second-order valence-electron chi connectivity index (χ2n) is 3.28. The van der Waals surface area contributed by atoms with Crippen LogP contribution in [0.3, 0.4) is 0 Å². The molecule has 0 radical (unpaired) electrons. The first-order chi connectivity index (χ1) is 8.08. The maximum absolute atomic E-state index is 11.8. The Bertz CT molecular complexity index is 532. The molecule has 0 saturated carbocycles. The predicted octanol–water partition coefficient (Wildman–Crippen LogP) is 3.89. The summed E-state index contributed by atoms with van der Waals surface area (Å²) in [7, 11) is 0. The standard InChI is InChI=1S/C11H8Cl2N2OS/c12-6-4-7(13)10(8(14)5-6)15-11(16)9-2-1-3-17-9/h1-5H,14H2,(H,15,16). The van der Waals surface area contributed by atoms with E-state index in [2.05, 4.69) is 5.32 Å². The van der Waals surface area contributed by atoms with Crippen LogP contribution in [0, 0.1) is 0 Å². The number of nitrogens with two attached hydrogens (primary N) is 1. The highest BCUT2D eigenvalue weighted by atomic mass is 35.5. The van der Waals surface area contributed by atoms with E-state index in [-0.39, 0.29) is 5.91 Å². The number of halogens is 2. The molecule has 0 aliphatic rings. The van der Waals surface area contributed by atoms with Crippen molar-refractivity contribution in [3.05, 3.63) is 44.6 Å². The van der Waals surface area contributed by atoms with Crippen molar-refractivity contribution in [3.8, 4) is 0 Å². The van der Waals surface area contributed by atoms with Crippen LogP contribution in [0.25, 0.3) is 0 Å². The second-order valence-corrected chi connectivity index (χ2v) is 5.07. The Morgan fingerprint density at radius 3 is 2.71 bits per heavy atom. The monoisotopic (exact) mass is 286 g/mol. The van der Waals surface area contributed by atoms with Crippen molar-refractivity contribution in [1.82, 2.24) is 0 Å². The van der Waals surface area contributed by atoms with Gasteiger partial charge in [-0.25, -0.2) is 0 Å². The van der Waals surface area contributed by atoms with Crippen LogP contribution in [0.4, 0.5) is 11.4 Å². The Balaban J connectivity index is 2.28. The number of nitrogens with one attached hydrogen (secondary N) is 1. The summed E-state index contributed by atoms with van der Waals surface area (Å²) in [4.78, 5) is 12.4. The molecule has 3 N–H and O–H groups in total. The van der Waals surface area contributed by atoms with Gasteiger partial charge < -0.3 is 11.1 Å². The maximum atomic E-state index is 11.8. The molecule has 1 heterocycles. The molecular formula is C11H8Cl2N2OS. The summed E-state index contributed by atoms with van der Waals surface area (Å²) in [5, 5.41) is 5.24. The van der Waals surface area contributed by atoms with Crippen molar-refractivity contribution >= 4 is 51.8 Å². The SMILES string of the molecule is Nc1cc(Cl)cc(Cl)c1NC(=O)c1cccs1. The first kappa shape index (κ1) is 12.2. The summed E-state index contributed by atoms with van der Waals surface area (Å²) >= 11 is 13.1. The summed E-state index contributed by atoms with van der Waals surface area (Å²) in [6.07, 6.45) is 0. The number of benzene rings is 1. The molecule has 88 valence electrons. The maximum Gasteiger partial charge on any atom is 0.265 e. The van der Waals surface area contributed by atoms with Crippen molar-refractivity contribution in [2.24, 2.45) is 0 Å². The van der Waals surface area contributed by atoms with Gasteiger partial charge in [0.05, 0.1) is 21.3 Å². The highest BCUT2D eigenvalue weighted by Gasteiger charge is 2.12. The summed E-state index contributed by atoms with van der Waals surface area (Å²) in [5.74, 6) is -0.240. The third-order valence-corrected chi connectivity index (χ3v) is 3.45. The van der Waals surface area contributed by atoms with E-state index in [1.54, 1.807) is 12.1 Å². The molecule has 0 spiro atoms. The molecular weight excluding hydrogens is 279 g/mol. The van der Waals surface area contributed by atoms with Crippen LogP contribution in [-0.4, -0.2) is 5.91 Å². The summed E-state index contributed by atoms with van der Waals surface area (Å²) in [6, 6.07) is 6.59. The zero-order valence-electron chi connectivity index (χ0n) is 8.54. The molecule has 0 bridgehead atoms. The van der Waals surface area contributed by atoms with Crippen LogP contribution < -0.4 is 11.1 Å². The van der Waals surface area contributed by atoms with Crippen molar-refractivity contribution in [2.45, 2.75) is 0 Å². The normalized spacial score (nSPS) is 10.2. The Morgan fingerprint density at radius 2 is 2.12 bits per heavy atom. The van der Waals surface area contributed by atoms with E-state index in [1.165, 1.54) is 23.5 Å². The van der Waals surface area contributed by atoms with Gasteiger partial charge in [0.1, 0.15) is 0 Å². The number of nitrogen functional groups attached to an aromatic ring is 1. The zero-order valence-corrected chi connectivity index (χ0v) is 10.9. The largest absolute Gasteiger partial charge is 0.397 e. The summed E-state index contributed by atoms with van der Waals surface area (Å²) in [5.41, 5.74) is 6.47. The number of amides is 1. The van der Waals surface area contributed by atoms with Crippen molar-refractivity contribution < 1.29 is 4.79 Å². The van der Waals surface area contributed by atoms with Crippen LogP contribution in [0.2, 0.25) is 10.0 Å². The van der Waals surface area contributed by atoms with E-state index in [0.717, 1.165) is 0 Å². The second kappa shape index (κ2) is 4.96. The van der Waals surface area contributed by atoms with Gasteiger partial charge in [-0.05, 0) is 23.6 Å². The number of carbonyl (C=O) groups is 1. The van der Waals surface area contributed by atoms with Gasteiger partial charge in [0.25, 0.3) is 5.91 Å². The molecule has 0 atom stereocenters. The van der Waals surface area contributed by atoms with Gasteiger partial charge in [-0.15, -0.1) is 11.3 Å². The quantitative estimate of drug-likeness (QED) is 0.823. The lowest BCUT2D eigenvalue weighted by Crippen LogP contribution is -2.12. The molecule has 1 aromatic carbocycles. The van der Waals surface area contributed by atoms with Crippen LogP contribution in [0.5, 0.6) is 0 Å². The lowest BCUT2D eigenvalue weighted by molar-refractivity contribution is 0.103. The number of rotatable bonds is 2. The molecule has 0 saturated heterocycles. The smallest absolute Gasteiger partial charge is 0.265 e. The van der Waals surface area contributed by atoms with Gasteiger partial charge in [-0.2, -0.15) is 0 Å². The Labute approximate surface area is 112 Å². The molecule has 0 aliphatic heterocycles. The Morgan fingerprint density at radius 1 is 1.35 bits per heavy atom. The minimum Gasteiger partial charge on any atom is -0.397 e. The highest BCUT2D eigenvalue weighted by Crippen LogP contribution is 2.32. The summed E-state index contributed by atoms with van der Waals surface area (Å²) in [6.45, 7) is 0. The molecule has 6 heteroatoms. The van der Waals surface area contributed by atoms with Crippen LogP contribution in [0.1, 0.15) is 9.67 Å². The topological polar surface area (TPSA) is 55.1 Å². The lowest BCUT2D eigenvalue weighted by atomic mass is 10.2. The van der Waals surface area contributed by atoms with Crippen molar-refractivity contribution in [3.63, 3.8) is 0 Å². The fourth-order valence-electron chi connectivity index (χ4n) is 1.31. The average Bonchev–Trinajstić information content (AvgIpc) is 2.76. The average molecular weight is 287 g/mol. The first-order valence-corrected chi connectivity index (χ1v) is 6.31. The van der Waals surface area contributed by atoms with Gasteiger partial charge in [0.15, 0.2) is 0 Å². The zero-order chi connectivity index (χ0) is 12.4. The highest BCUT2D eigenvalue weighted by molar-refractivity contribution is 7.12. The number of anilines is 2. The van der Waals surface area contributed by atoms with Gasteiger partial charge >= 0.3 is 0 Å². The molecule has 3 nitrogen and oxygen atoms in total. The van der Waals surface area contributed by atoms with Crippen LogP contribution in [0.15, 0.2) is 29.6 Å². The van der Waals surface area contributed by atoms with Crippen molar-refractivity contribution in [1.29, 1.82) is 0 Å². The number of hydrogen-bond donors (Lipinski definition) is 2. The number of hydrogen-bond acceptors (Lipinski definition) is 3. The number of thiophene rings is 1. The minimum absolute atomic E-state index is 0.240. The van der Waals surface area contributed by atoms with E-state index >= 15 is 0 Å². The van der Waals surface area contributed by atoms with Crippen LogP contribution in [-0.2, 0) is 0 Å². The molecule has 1 aromatic heterocycles. The van der Waals surface area contributed by atoms with E-state index < -0.39 is 0 Å². The van der Waals surface area contributed by atoms with Gasteiger partial charge in [-0.3, -0.25) is 4.79 Å². The molecule has 1 amide bonds.